The van der Waals surface area contributed by atoms with E-state index in [1.807, 2.05) is 14.0 Å². The highest BCUT2D eigenvalue weighted by Gasteiger charge is 2.20. The van der Waals surface area contributed by atoms with Crippen molar-refractivity contribution in [2.45, 2.75) is 62.8 Å². The Labute approximate surface area is 179 Å². The fourth-order valence-corrected chi connectivity index (χ4v) is 4.38. The van der Waals surface area contributed by atoms with Crippen LogP contribution in [0, 0.1) is 5.82 Å². The van der Waals surface area contributed by atoms with E-state index in [2.05, 4.69) is 15.5 Å². The Morgan fingerprint density at radius 2 is 2.07 bits per heavy atom. The normalized spacial score (nSPS) is 16.3. The average molecular weight is 441 g/mol. The lowest BCUT2D eigenvalue weighted by Crippen LogP contribution is -2.35. The molecule has 0 spiro atoms. The first-order valence-corrected chi connectivity index (χ1v) is 11.2. The van der Waals surface area contributed by atoms with Gasteiger partial charge in [-0.15, -0.1) is 10.2 Å². The molecule has 1 N–H and O–H groups in total. The number of aromatic nitrogens is 3. The number of ether oxygens (including phenoxy) is 1. The van der Waals surface area contributed by atoms with Crippen LogP contribution in [0.3, 0.4) is 0 Å². The van der Waals surface area contributed by atoms with Crippen LogP contribution in [0.5, 0.6) is 5.75 Å². The summed E-state index contributed by atoms with van der Waals surface area (Å²) in [4.78, 5) is 12.3. The lowest BCUT2D eigenvalue weighted by Gasteiger charge is -2.16. The molecular formula is C20H26ClFN4O2S. The molecule has 6 nitrogen and oxygen atoms in total. The molecule has 0 radical (unpaired) electrons. The first-order chi connectivity index (χ1) is 13.9. The van der Waals surface area contributed by atoms with E-state index in [9.17, 15) is 9.18 Å². The van der Waals surface area contributed by atoms with Gasteiger partial charge in [-0.25, -0.2) is 4.39 Å². The number of hydrogen-bond donors (Lipinski definition) is 1. The maximum absolute atomic E-state index is 13.2. The van der Waals surface area contributed by atoms with Gasteiger partial charge in [0.25, 0.3) is 0 Å². The predicted molar refractivity (Wildman–Crippen MR) is 112 cm³/mol. The molecule has 0 aliphatic heterocycles. The van der Waals surface area contributed by atoms with Crippen molar-refractivity contribution >= 4 is 29.3 Å². The number of amides is 1. The molecule has 9 heteroatoms. The molecule has 1 aliphatic rings. The third kappa shape index (κ3) is 6.09. The molecular weight excluding hydrogens is 415 g/mol. The van der Waals surface area contributed by atoms with E-state index >= 15 is 0 Å². The van der Waals surface area contributed by atoms with Crippen LogP contribution in [0.2, 0.25) is 5.02 Å². The lowest BCUT2D eigenvalue weighted by atomic mass is 10.1. The molecule has 158 valence electrons. The molecule has 29 heavy (non-hydrogen) atoms. The van der Waals surface area contributed by atoms with Gasteiger partial charge in [-0.3, -0.25) is 4.79 Å². The molecule has 1 heterocycles. The number of carbonyl (C=O) groups is 1. The average Bonchev–Trinajstić information content (AvgIpc) is 2.87. The van der Waals surface area contributed by atoms with Gasteiger partial charge in [0.05, 0.1) is 10.8 Å². The van der Waals surface area contributed by atoms with Crippen molar-refractivity contribution in [1.82, 2.24) is 20.1 Å². The van der Waals surface area contributed by atoms with Crippen molar-refractivity contribution in [1.29, 1.82) is 0 Å². The number of rotatable bonds is 7. The largest absolute Gasteiger partial charge is 0.481 e. The third-order valence-corrected chi connectivity index (χ3v) is 6.30. The summed E-state index contributed by atoms with van der Waals surface area (Å²) in [6, 6.07) is 4.26. The summed E-state index contributed by atoms with van der Waals surface area (Å²) in [7, 11) is 1.83. The number of halogens is 2. The Kier molecular flexibility index (Phi) is 7.77. The predicted octanol–water partition coefficient (Wildman–Crippen LogP) is 4.68. The van der Waals surface area contributed by atoms with Gasteiger partial charge in [-0.2, -0.15) is 0 Å². The summed E-state index contributed by atoms with van der Waals surface area (Å²) in [5.74, 6) is 0.863. The van der Waals surface area contributed by atoms with E-state index in [-0.39, 0.29) is 17.0 Å². The Morgan fingerprint density at radius 3 is 2.76 bits per heavy atom. The highest BCUT2D eigenvalue weighted by atomic mass is 35.5. The van der Waals surface area contributed by atoms with Crippen LogP contribution in [0.1, 0.15) is 57.4 Å². The molecule has 1 fully saturated rings. The summed E-state index contributed by atoms with van der Waals surface area (Å²) in [6.45, 7) is 1.82. The number of hydrogen-bond acceptors (Lipinski definition) is 5. The summed E-state index contributed by atoms with van der Waals surface area (Å²) in [6.07, 6.45) is 6.56. The van der Waals surface area contributed by atoms with Crippen molar-refractivity contribution in [3.63, 3.8) is 0 Å². The standard InChI is InChI=1S/C20H26ClFN4O2S/c1-13(28-17-10-9-14(22)11-16(17)21)19-24-25-20(26(19)2)29-12-18(27)23-15-7-5-3-4-6-8-15/h9-11,13,15H,3-8,12H2,1-2H3,(H,23,27). The van der Waals surface area contributed by atoms with E-state index in [1.165, 1.54) is 55.6 Å². The second-order valence-corrected chi connectivity index (χ2v) is 8.63. The highest BCUT2D eigenvalue weighted by molar-refractivity contribution is 7.99. The topological polar surface area (TPSA) is 69.0 Å². The SMILES string of the molecule is CC(Oc1ccc(F)cc1Cl)c1nnc(SCC(=O)NC2CCCCCC2)n1C. The first-order valence-electron chi connectivity index (χ1n) is 9.87. The second-order valence-electron chi connectivity index (χ2n) is 7.28. The van der Waals surface area contributed by atoms with Crippen molar-refractivity contribution in [3.05, 3.63) is 34.9 Å². The molecule has 1 aliphatic carbocycles. The highest BCUT2D eigenvalue weighted by Crippen LogP contribution is 2.30. The minimum Gasteiger partial charge on any atom is -0.481 e. The number of nitrogens with one attached hydrogen (secondary N) is 1. The molecule has 1 unspecified atom stereocenters. The maximum Gasteiger partial charge on any atom is 0.230 e. The van der Waals surface area contributed by atoms with Gasteiger partial charge in [-0.1, -0.05) is 49.0 Å². The van der Waals surface area contributed by atoms with Crippen LogP contribution >= 0.6 is 23.4 Å². The molecule has 3 rings (SSSR count). The Hall–Kier alpha value is -1.80. The van der Waals surface area contributed by atoms with E-state index < -0.39 is 11.9 Å². The molecule has 0 saturated heterocycles. The van der Waals surface area contributed by atoms with Gasteiger partial charge in [0.2, 0.25) is 5.91 Å². The quantitative estimate of drug-likeness (QED) is 0.500. The zero-order chi connectivity index (χ0) is 20.8. The van der Waals surface area contributed by atoms with Crippen molar-refractivity contribution < 1.29 is 13.9 Å². The van der Waals surface area contributed by atoms with E-state index in [0.717, 1.165) is 12.8 Å². The van der Waals surface area contributed by atoms with Crippen LogP contribution in [0.4, 0.5) is 4.39 Å². The summed E-state index contributed by atoms with van der Waals surface area (Å²) in [5, 5.41) is 12.3. The third-order valence-electron chi connectivity index (χ3n) is 4.98. The van der Waals surface area contributed by atoms with E-state index in [1.54, 1.807) is 4.57 Å². The van der Waals surface area contributed by atoms with Gasteiger partial charge in [0.1, 0.15) is 11.6 Å². The fraction of sp³-hybridized carbons (Fsp3) is 0.550. The van der Waals surface area contributed by atoms with Crippen LogP contribution in [0.15, 0.2) is 23.4 Å². The van der Waals surface area contributed by atoms with Gasteiger partial charge >= 0.3 is 0 Å². The fourth-order valence-electron chi connectivity index (χ4n) is 3.44. The summed E-state index contributed by atoms with van der Waals surface area (Å²) in [5.41, 5.74) is 0. The zero-order valence-electron chi connectivity index (χ0n) is 16.7. The van der Waals surface area contributed by atoms with Crippen LogP contribution < -0.4 is 10.1 Å². The van der Waals surface area contributed by atoms with E-state index in [4.69, 9.17) is 16.3 Å². The molecule has 1 aromatic carbocycles. The van der Waals surface area contributed by atoms with Crippen LogP contribution in [-0.4, -0.2) is 32.5 Å². The van der Waals surface area contributed by atoms with Crippen molar-refractivity contribution in [2.24, 2.45) is 7.05 Å². The van der Waals surface area contributed by atoms with Crippen LogP contribution in [-0.2, 0) is 11.8 Å². The molecule has 1 aromatic heterocycles. The molecule has 1 atom stereocenters. The van der Waals surface area contributed by atoms with Crippen LogP contribution in [0.25, 0.3) is 0 Å². The molecule has 0 bridgehead atoms. The molecule has 2 aromatic rings. The van der Waals surface area contributed by atoms with Crippen molar-refractivity contribution in [3.8, 4) is 5.75 Å². The van der Waals surface area contributed by atoms with Crippen molar-refractivity contribution in [2.75, 3.05) is 5.75 Å². The van der Waals surface area contributed by atoms with Gasteiger partial charge < -0.3 is 14.6 Å². The van der Waals surface area contributed by atoms with Gasteiger partial charge in [-0.05, 0) is 38.0 Å². The zero-order valence-corrected chi connectivity index (χ0v) is 18.2. The number of thioether (sulfide) groups is 1. The Morgan fingerprint density at radius 1 is 1.34 bits per heavy atom. The lowest BCUT2D eigenvalue weighted by molar-refractivity contribution is -0.119. The van der Waals surface area contributed by atoms with Gasteiger partial charge in [0, 0.05) is 13.1 Å². The first kappa shape index (κ1) is 21.9. The molecule has 1 saturated carbocycles. The van der Waals surface area contributed by atoms with Gasteiger partial charge in [0.15, 0.2) is 17.1 Å². The smallest absolute Gasteiger partial charge is 0.230 e. The monoisotopic (exact) mass is 440 g/mol. The minimum absolute atomic E-state index is 0.0221. The number of benzene rings is 1. The summed E-state index contributed by atoms with van der Waals surface area (Å²) < 4.78 is 20.8. The second kappa shape index (κ2) is 10.3. The molecule has 1 amide bonds. The number of nitrogens with zero attached hydrogens (tertiary/aromatic N) is 3. The Balaban J connectivity index is 1.55. The Bertz CT molecular complexity index is 840. The summed E-state index contributed by atoms with van der Waals surface area (Å²) >= 11 is 7.37. The minimum atomic E-state index is -0.440. The maximum atomic E-state index is 13.2. The number of carbonyl (C=O) groups excluding carboxylic acids is 1. The van der Waals surface area contributed by atoms with E-state index in [0.29, 0.717) is 22.5 Å².